The van der Waals surface area contributed by atoms with E-state index in [-0.39, 0.29) is 11.9 Å². The third-order valence-electron chi connectivity index (χ3n) is 4.27. The maximum Gasteiger partial charge on any atom is 0.308 e. The van der Waals surface area contributed by atoms with Crippen molar-refractivity contribution in [2.75, 3.05) is 7.11 Å². The summed E-state index contributed by atoms with van der Waals surface area (Å²) in [5.41, 5.74) is 1.40. The zero-order chi connectivity index (χ0) is 19.0. The topological polar surface area (TPSA) is 26.3 Å². The molecule has 2 rings (SSSR count). The Hall–Kier alpha value is -1.80. The molecule has 0 aliphatic rings. The molecule has 26 heavy (non-hydrogen) atoms. The van der Waals surface area contributed by atoms with Crippen LogP contribution in [0, 0.1) is 5.92 Å². The van der Waals surface area contributed by atoms with Gasteiger partial charge in [0.15, 0.2) is 0 Å². The molecular weight excluding hydrogens is 344 g/mol. The monoisotopic (exact) mass is 374 g/mol. The highest BCUT2D eigenvalue weighted by atomic mass is 35.5. The number of carbonyl (C=O) groups is 1. The Morgan fingerprint density at radius 3 is 2.04 bits per heavy atom. The predicted octanol–water partition coefficient (Wildman–Crippen LogP) is 6.72. The van der Waals surface area contributed by atoms with Crippen LogP contribution in [0.15, 0.2) is 60.7 Å². The largest absolute Gasteiger partial charge is 0.469 e. The molecule has 3 heteroatoms. The molecule has 2 aromatic carbocycles. The van der Waals surface area contributed by atoms with E-state index in [1.54, 1.807) is 0 Å². The third kappa shape index (κ3) is 10.2. The molecule has 0 fully saturated rings. The zero-order valence-electron chi connectivity index (χ0n) is 16.0. The fourth-order valence-electron chi connectivity index (χ4n) is 2.85. The normalized spacial score (nSPS) is 11.2. The van der Waals surface area contributed by atoms with E-state index in [0.717, 1.165) is 37.1 Å². The average molecular weight is 375 g/mol. The minimum absolute atomic E-state index is 0.0371. The number of aryl methyl sites for hydroxylation is 1. The number of hydrogen-bond acceptors (Lipinski definition) is 2. The molecule has 0 bridgehead atoms. The Labute approximate surface area is 163 Å². The quantitative estimate of drug-likeness (QED) is 0.359. The lowest BCUT2D eigenvalue weighted by atomic mass is 9.96. The van der Waals surface area contributed by atoms with Gasteiger partial charge in [-0.15, -0.1) is 0 Å². The molecule has 0 saturated heterocycles. The van der Waals surface area contributed by atoms with E-state index in [9.17, 15) is 4.79 Å². The van der Waals surface area contributed by atoms with Crippen LogP contribution in [0.4, 0.5) is 0 Å². The van der Waals surface area contributed by atoms with Gasteiger partial charge in [-0.2, -0.15) is 0 Å². The summed E-state index contributed by atoms with van der Waals surface area (Å²) in [6.07, 6.45) is 7.60. The van der Waals surface area contributed by atoms with Crippen molar-refractivity contribution in [2.45, 2.75) is 51.9 Å². The molecule has 142 valence electrons. The first-order chi connectivity index (χ1) is 12.7. The van der Waals surface area contributed by atoms with Crippen LogP contribution >= 0.6 is 11.6 Å². The van der Waals surface area contributed by atoms with Crippen LogP contribution in [0.3, 0.4) is 0 Å². The summed E-state index contributed by atoms with van der Waals surface area (Å²) in [6, 6.07) is 20.0. The number of ether oxygens (including phenoxy) is 1. The van der Waals surface area contributed by atoms with Crippen molar-refractivity contribution in [3.05, 3.63) is 71.2 Å². The first kappa shape index (κ1) is 22.2. The van der Waals surface area contributed by atoms with Crippen molar-refractivity contribution in [3.63, 3.8) is 0 Å². The molecule has 0 N–H and O–H groups in total. The lowest BCUT2D eigenvalue weighted by molar-refractivity contribution is -0.146. The van der Waals surface area contributed by atoms with Crippen molar-refractivity contribution in [1.82, 2.24) is 0 Å². The van der Waals surface area contributed by atoms with Gasteiger partial charge in [0.05, 0.1) is 13.0 Å². The van der Waals surface area contributed by atoms with Crippen molar-refractivity contribution >= 4 is 17.6 Å². The van der Waals surface area contributed by atoms with Crippen LogP contribution in [-0.4, -0.2) is 13.1 Å². The van der Waals surface area contributed by atoms with Gasteiger partial charge >= 0.3 is 5.97 Å². The number of rotatable bonds is 9. The summed E-state index contributed by atoms with van der Waals surface area (Å²) in [4.78, 5) is 11.6. The Balaban J connectivity index is 0.000000401. The van der Waals surface area contributed by atoms with Gasteiger partial charge in [-0.3, -0.25) is 4.79 Å². The van der Waals surface area contributed by atoms with Crippen molar-refractivity contribution in [3.8, 4) is 0 Å². The average Bonchev–Trinajstić information content (AvgIpc) is 2.68. The molecule has 2 aromatic rings. The van der Waals surface area contributed by atoms with Gasteiger partial charge in [0, 0.05) is 5.02 Å². The fourth-order valence-corrected chi connectivity index (χ4v) is 3.00. The van der Waals surface area contributed by atoms with Gasteiger partial charge < -0.3 is 4.74 Å². The summed E-state index contributed by atoms with van der Waals surface area (Å²) < 4.78 is 4.85. The summed E-state index contributed by atoms with van der Waals surface area (Å²) in [5.74, 6) is 0.0663. The molecule has 0 heterocycles. The van der Waals surface area contributed by atoms with Gasteiger partial charge in [-0.05, 0) is 43.4 Å². The smallest absolute Gasteiger partial charge is 0.308 e. The van der Waals surface area contributed by atoms with E-state index < -0.39 is 0 Å². The molecule has 2 nitrogen and oxygen atoms in total. The number of unbranched alkanes of at least 4 members (excludes halogenated alkanes) is 2. The minimum Gasteiger partial charge on any atom is -0.469 e. The van der Waals surface area contributed by atoms with E-state index in [2.05, 4.69) is 37.3 Å². The van der Waals surface area contributed by atoms with Crippen LogP contribution in [0.5, 0.6) is 0 Å². The standard InChI is InChI=1S/C17H26O2.C6H5Cl/c1-3-10-16(17(18)19-2)14-9-5-8-13-15-11-6-4-7-12-15;7-6-4-2-1-3-5-6/h4,6-7,11-12,16H,3,5,8-10,13-14H2,1-2H3;1-5H/t16-;/m0./s1. The van der Waals surface area contributed by atoms with Gasteiger partial charge in [0.1, 0.15) is 0 Å². The van der Waals surface area contributed by atoms with Crippen molar-refractivity contribution in [1.29, 1.82) is 0 Å². The Kier molecular flexibility index (Phi) is 12.3. The molecule has 0 aliphatic carbocycles. The number of halogens is 1. The lowest BCUT2D eigenvalue weighted by Crippen LogP contribution is -2.16. The lowest BCUT2D eigenvalue weighted by Gasteiger charge is -2.13. The molecule has 0 amide bonds. The fraction of sp³-hybridized carbons (Fsp3) is 0.435. The number of benzene rings is 2. The number of carbonyl (C=O) groups excluding carboxylic acids is 1. The van der Waals surface area contributed by atoms with Gasteiger partial charge in [0.25, 0.3) is 0 Å². The van der Waals surface area contributed by atoms with Gasteiger partial charge in [0.2, 0.25) is 0 Å². The Morgan fingerprint density at radius 2 is 1.54 bits per heavy atom. The SMILES string of the molecule is CCC[C@@H](CCCCCc1ccccc1)C(=O)OC.Clc1ccccc1. The van der Waals surface area contributed by atoms with Crippen LogP contribution in [0.2, 0.25) is 5.02 Å². The molecule has 0 radical (unpaired) electrons. The molecule has 0 aromatic heterocycles. The molecule has 0 aliphatic heterocycles. The summed E-state index contributed by atoms with van der Waals surface area (Å²) in [7, 11) is 1.49. The highest BCUT2D eigenvalue weighted by Gasteiger charge is 2.17. The van der Waals surface area contributed by atoms with Crippen LogP contribution < -0.4 is 0 Å². The van der Waals surface area contributed by atoms with E-state index in [4.69, 9.17) is 16.3 Å². The number of methoxy groups -OCH3 is 1. The zero-order valence-corrected chi connectivity index (χ0v) is 16.8. The number of hydrogen-bond donors (Lipinski definition) is 0. The first-order valence-corrected chi connectivity index (χ1v) is 9.87. The van der Waals surface area contributed by atoms with Crippen LogP contribution in [-0.2, 0) is 16.0 Å². The summed E-state index contributed by atoms with van der Waals surface area (Å²) in [5, 5.41) is 0.794. The van der Waals surface area contributed by atoms with Crippen molar-refractivity contribution in [2.24, 2.45) is 5.92 Å². The highest BCUT2D eigenvalue weighted by molar-refractivity contribution is 6.30. The van der Waals surface area contributed by atoms with Gasteiger partial charge in [-0.25, -0.2) is 0 Å². The van der Waals surface area contributed by atoms with Crippen molar-refractivity contribution < 1.29 is 9.53 Å². The van der Waals surface area contributed by atoms with Crippen LogP contribution in [0.1, 0.15) is 51.0 Å². The minimum atomic E-state index is -0.0371. The molecule has 0 saturated carbocycles. The van der Waals surface area contributed by atoms with Crippen LogP contribution in [0.25, 0.3) is 0 Å². The molecule has 1 atom stereocenters. The second kappa shape index (κ2) is 14.4. The molecule has 0 spiro atoms. The van der Waals surface area contributed by atoms with E-state index in [1.807, 2.05) is 30.3 Å². The van der Waals surface area contributed by atoms with E-state index >= 15 is 0 Å². The summed E-state index contributed by atoms with van der Waals surface area (Å²) in [6.45, 7) is 2.12. The molecular formula is C23H31ClO2. The number of esters is 1. The Morgan fingerprint density at radius 1 is 0.923 bits per heavy atom. The maximum absolute atomic E-state index is 11.6. The molecule has 0 unspecified atom stereocenters. The first-order valence-electron chi connectivity index (χ1n) is 9.49. The maximum atomic E-state index is 11.6. The second-order valence-corrected chi connectivity index (χ2v) is 6.83. The second-order valence-electron chi connectivity index (χ2n) is 6.39. The third-order valence-corrected chi connectivity index (χ3v) is 4.52. The van der Waals surface area contributed by atoms with E-state index in [0.29, 0.717) is 0 Å². The summed E-state index contributed by atoms with van der Waals surface area (Å²) >= 11 is 5.54. The predicted molar refractivity (Wildman–Crippen MR) is 110 cm³/mol. The Bertz CT molecular complexity index is 584. The highest BCUT2D eigenvalue weighted by Crippen LogP contribution is 2.18. The van der Waals surface area contributed by atoms with Gasteiger partial charge in [-0.1, -0.05) is 86.3 Å². The van der Waals surface area contributed by atoms with E-state index in [1.165, 1.54) is 25.5 Å².